The lowest BCUT2D eigenvalue weighted by molar-refractivity contribution is 0.590. The highest BCUT2D eigenvalue weighted by atomic mass is 32.2. The molecule has 0 N–H and O–H groups in total. The number of hydrogen-bond acceptors (Lipinski definition) is 3. The van der Waals surface area contributed by atoms with E-state index in [1.807, 2.05) is 24.3 Å². The molecule has 5 heteroatoms. The molecule has 0 atom stereocenters. The van der Waals surface area contributed by atoms with Crippen LogP contribution in [0.2, 0.25) is 0 Å². The highest BCUT2D eigenvalue weighted by Crippen LogP contribution is 2.25. The number of rotatable bonds is 2. The van der Waals surface area contributed by atoms with E-state index in [1.54, 1.807) is 0 Å². The van der Waals surface area contributed by atoms with E-state index in [0.717, 1.165) is 5.56 Å². The van der Waals surface area contributed by atoms with Gasteiger partial charge < -0.3 is 0 Å². The third-order valence-corrected chi connectivity index (χ3v) is 3.98. The zero-order chi connectivity index (χ0) is 14.3. The van der Waals surface area contributed by atoms with Gasteiger partial charge in [0.15, 0.2) is 5.82 Å². The van der Waals surface area contributed by atoms with Crippen molar-refractivity contribution in [3.8, 4) is 11.4 Å². The normalized spacial score (nSPS) is 12.6. The van der Waals surface area contributed by atoms with Crippen molar-refractivity contribution in [2.45, 2.75) is 26.2 Å². The van der Waals surface area contributed by atoms with Crippen LogP contribution in [-0.4, -0.2) is 23.6 Å². The van der Waals surface area contributed by atoms with Gasteiger partial charge in [0.25, 0.3) is 0 Å². The Hall–Kier alpha value is -1.62. The Morgan fingerprint density at radius 3 is 2.16 bits per heavy atom. The molecule has 0 fully saturated rings. The molecule has 0 saturated heterocycles. The van der Waals surface area contributed by atoms with E-state index in [0.29, 0.717) is 5.82 Å². The Morgan fingerprint density at radius 2 is 1.68 bits per heavy atom. The summed E-state index contributed by atoms with van der Waals surface area (Å²) in [5, 5.41) is 0. The average molecular weight is 278 g/mol. The molecule has 0 aliphatic carbocycles. The second kappa shape index (κ2) is 4.49. The molecule has 1 aromatic heterocycles. The van der Waals surface area contributed by atoms with Gasteiger partial charge in [-0.3, -0.25) is 0 Å². The number of aromatic nitrogens is 2. The first kappa shape index (κ1) is 13.8. The van der Waals surface area contributed by atoms with Gasteiger partial charge in [-0.05, 0) is 11.0 Å². The monoisotopic (exact) mass is 278 g/mol. The molecule has 1 aromatic carbocycles. The molecular weight excluding hydrogens is 260 g/mol. The van der Waals surface area contributed by atoms with Crippen LogP contribution in [0.25, 0.3) is 11.4 Å². The topological polar surface area (TPSA) is 52.0 Å². The van der Waals surface area contributed by atoms with Crippen LogP contribution in [0, 0.1) is 0 Å². The summed E-state index contributed by atoms with van der Waals surface area (Å²) in [6.07, 6.45) is 4.12. The summed E-state index contributed by atoms with van der Waals surface area (Å²) in [5.41, 5.74) is 2.07. The van der Waals surface area contributed by atoms with Gasteiger partial charge in [0.05, 0.1) is 6.26 Å². The Balaban J connectivity index is 2.48. The number of imidazole rings is 1. The summed E-state index contributed by atoms with van der Waals surface area (Å²) in [6, 6.07) is 7.84. The Labute approximate surface area is 114 Å². The maximum absolute atomic E-state index is 11.6. The van der Waals surface area contributed by atoms with E-state index >= 15 is 0 Å². The van der Waals surface area contributed by atoms with Gasteiger partial charge in [-0.25, -0.2) is 17.4 Å². The van der Waals surface area contributed by atoms with Gasteiger partial charge >= 0.3 is 0 Å². The molecule has 0 radical (unpaired) electrons. The first-order chi connectivity index (χ1) is 8.69. The van der Waals surface area contributed by atoms with Crippen molar-refractivity contribution in [3.05, 3.63) is 42.2 Å². The SMILES string of the molecule is CC(C)(C)c1ccc(-c2nccn2S(C)(=O)=O)cc1. The third-order valence-electron chi connectivity index (χ3n) is 2.97. The second-order valence-electron chi connectivity index (χ2n) is 5.64. The summed E-state index contributed by atoms with van der Waals surface area (Å²) in [6.45, 7) is 6.42. The van der Waals surface area contributed by atoms with Crippen LogP contribution in [0.15, 0.2) is 36.7 Å². The molecule has 0 amide bonds. The van der Waals surface area contributed by atoms with Crippen LogP contribution >= 0.6 is 0 Å². The quantitative estimate of drug-likeness (QED) is 0.848. The van der Waals surface area contributed by atoms with Crippen LogP contribution < -0.4 is 0 Å². The van der Waals surface area contributed by atoms with Crippen LogP contribution in [0.3, 0.4) is 0 Å². The summed E-state index contributed by atoms with van der Waals surface area (Å²) >= 11 is 0. The maximum Gasteiger partial charge on any atom is 0.237 e. The zero-order valence-corrected chi connectivity index (χ0v) is 12.4. The van der Waals surface area contributed by atoms with Crippen molar-refractivity contribution in [2.75, 3.05) is 6.26 Å². The van der Waals surface area contributed by atoms with E-state index in [-0.39, 0.29) is 5.41 Å². The molecule has 1 heterocycles. The summed E-state index contributed by atoms with van der Waals surface area (Å²) in [7, 11) is -3.32. The molecule has 2 aromatic rings. The molecule has 0 aliphatic rings. The molecule has 0 aliphatic heterocycles. The van der Waals surface area contributed by atoms with E-state index in [9.17, 15) is 8.42 Å². The predicted molar refractivity (Wildman–Crippen MR) is 76.6 cm³/mol. The number of benzene rings is 1. The van der Waals surface area contributed by atoms with E-state index in [4.69, 9.17) is 0 Å². The van der Waals surface area contributed by atoms with Crippen molar-refractivity contribution in [1.29, 1.82) is 0 Å². The first-order valence-corrected chi connectivity index (χ1v) is 7.89. The fraction of sp³-hybridized carbons (Fsp3) is 0.357. The first-order valence-electron chi connectivity index (χ1n) is 6.04. The van der Waals surface area contributed by atoms with Gasteiger partial charge in [0.2, 0.25) is 10.0 Å². The fourth-order valence-electron chi connectivity index (χ4n) is 1.88. The highest BCUT2D eigenvalue weighted by molar-refractivity contribution is 7.89. The van der Waals surface area contributed by atoms with Gasteiger partial charge in [-0.1, -0.05) is 45.0 Å². The average Bonchev–Trinajstić information content (AvgIpc) is 2.76. The van der Waals surface area contributed by atoms with Crippen molar-refractivity contribution >= 4 is 10.0 Å². The fourth-order valence-corrected chi connectivity index (χ4v) is 2.62. The molecule has 0 spiro atoms. The minimum atomic E-state index is -3.32. The second-order valence-corrected chi connectivity index (χ2v) is 7.50. The van der Waals surface area contributed by atoms with E-state index in [2.05, 4.69) is 25.8 Å². The van der Waals surface area contributed by atoms with Crippen LogP contribution in [0.5, 0.6) is 0 Å². The van der Waals surface area contributed by atoms with E-state index < -0.39 is 10.0 Å². The molecule has 0 saturated carbocycles. The van der Waals surface area contributed by atoms with Gasteiger partial charge in [0.1, 0.15) is 0 Å². The van der Waals surface area contributed by atoms with Crippen LogP contribution in [0.4, 0.5) is 0 Å². The van der Waals surface area contributed by atoms with Gasteiger partial charge in [-0.2, -0.15) is 0 Å². The largest absolute Gasteiger partial charge is 0.237 e. The molecule has 102 valence electrons. The Kier molecular flexibility index (Phi) is 3.26. The van der Waals surface area contributed by atoms with Crippen molar-refractivity contribution in [2.24, 2.45) is 0 Å². The minimum Gasteiger partial charge on any atom is -0.236 e. The molecule has 4 nitrogen and oxygen atoms in total. The number of hydrogen-bond donors (Lipinski definition) is 0. The lowest BCUT2D eigenvalue weighted by Gasteiger charge is -2.19. The lowest BCUT2D eigenvalue weighted by Crippen LogP contribution is -2.12. The molecule has 19 heavy (non-hydrogen) atoms. The third kappa shape index (κ3) is 2.87. The maximum atomic E-state index is 11.6. The number of nitrogens with zero attached hydrogens (tertiary/aromatic N) is 2. The Bertz CT molecular complexity index is 677. The smallest absolute Gasteiger partial charge is 0.236 e. The van der Waals surface area contributed by atoms with Crippen molar-refractivity contribution in [3.63, 3.8) is 0 Å². The zero-order valence-electron chi connectivity index (χ0n) is 11.6. The van der Waals surface area contributed by atoms with Crippen molar-refractivity contribution in [1.82, 2.24) is 8.96 Å². The predicted octanol–water partition coefficient (Wildman–Crippen LogP) is 2.66. The Morgan fingerprint density at radius 1 is 1.11 bits per heavy atom. The molecule has 0 bridgehead atoms. The van der Waals surface area contributed by atoms with Crippen LogP contribution in [-0.2, 0) is 15.4 Å². The standard InChI is InChI=1S/C14H18N2O2S/c1-14(2,3)12-7-5-11(6-8-12)13-15-9-10-16(13)19(4,17)18/h5-10H,1-4H3. The molecular formula is C14H18N2O2S. The lowest BCUT2D eigenvalue weighted by atomic mass is 9.87. The van der Waals surface area contributed by atoms with Gasteiger partial charge in [-0.15, -0.1) is 0 Å². The van der Waals surface area contributed by atoms with Crippen molar-refractivity contribution < 1.29 is 8.42 Å². The summed E-state index contributed by atoms with van der Waals surface area (Å²) in [4.78, 5) is 4.13. The summed E-state index contributed by atoms with van der Waals surface area (Å²) in [5.74, 6) is 0.447. The molecule has 2 rings (SSSR count). The highest BCUT2D eigenvalue weighted by Gasteiger charge is 2.16. The minimum absolute atomic E-state index is 0.0742. The van der Waals surface area contributed by atoms with Gasteiger partial charge in [0, 0.05) is 18.0 Å². The molecule has 0 unspecified atom stereocenters. The van der Waals surface area contributed by atoms with Crippen LogP contribution in [0.1, 0.15) is 26.3 Å². The van der Waals surface area contributed by atoms with E-state index in [1.165, 1.54) is 28.2 Å². The summed E-state index contributed by atoms with van der Waals surface area (Å²) < 4.78 is 24.5.